The van der Waals surface area contributed by atoms with Gasteiger partial charge in [-0.2, -0.15) is 0 Å². The number of amides is 2. The molecule has 0 bridgehead atoms. The number of rotatable bonds is 36. The molecule has 0 aromatic rings. The molecule has 38 N–H and O–H groups in total. The Morgan fingerprint density at radius 2 is 0.388 bits per heavy atom. The zero-order valence-electron chi connectivity index (χ0n) is 73.4. The molecule has 12 aliphatic heterocycles. The van der Waals surface area contributed by atoms with Crippen LogP contribution in [0, 0.1) is 0 Å². The van der Waals surface area contributed by atoms with E-state index in [1.54, 1.807) is 0 Å². The number of ether oxygens (including phenoxy) is 23. The minimum absolute atomic E-state index is 0.832. The van der Waals surface area contributed by atoms with Gasteiger partial charge in [0, 0.05) is 13.8 Å². The van der Waals surface area contributed by atoms with E-state index >= 15 is 0 Å². The molecule has 808 valence electrons. The van der Waals surface area contributed by atoms with Crippen LogP contribution in [-0.2, 0) is 119 Å². The molecule has 63 nitrogen and oxygen atoms in total. The number of carbonyl (C=O) groups is 2. The monoisotopic (exact) mass is 2040 g/mol. The van der Waals surface area contributed by atoms with Gasteiger partial charge in [0.1, 0.15) is 293 Å². The van der Waals surface area contributed by atoms with Gasteiger partial charge in [0.25, 0.3) is 0 Å². The van der Waals surface area contributed by atoms with E-state index in [2.05, 4.69) is 10.6 Å². The van der Waals surface area contributed by atoms with Crippen LogP contribution in [0.3, 0.4) is 0 Å². The van der Waals surface area contributed by atoms with Crippen molar-refractivity contribution in [1.82, 2.24) is 10.6 Å². The van der Waals surface area contributed by atoms with Crippen LogP contribution in [0.5, 0.6) is 0 Å². The summed E-state index contributed by atoms with van der Waals surface area (Å²) in [5.41, 5.74) is 0. The lowest BCUT2D eigenvalue weighted by Crippen LogP contribution is -2.70. The molecule has 2 amide bonds. The third-order valence-electron chi connectivity index (χ3n) is 25.9. The predicted molar refractivity (Wildman–Crippen MR) is 418 cm³/mol. The molecule has 60 atom stereocenters. The first-order valence-corrected chi connectivity index (χ1v) is 44.2. The van der Waals surface area contributed by atoms with E-state index in [0.717, 1.165) is 13.8 Å². The standard InChI is InChI=1S/C76H128N2O61/c1-15(90)77-29-41(102)55(26(12-88)118-65(29)116)130-66-30(78-16(2)91)42(103)56(27(13-89)128-66)131-69-54(115)57(40(101)28(129-69)14-117-70-58(45(106)33(94)19(5-81)121-70)135-72-59(46(107)34(95)21(7-83)123-72)133-67-52(113)43(104)31(92)17(3-79)119-67)132-71-61(48(109)36(97)20(6-82)122-71)136-74-63(50(111)38(99)23(9-85)125-74)138-76-64(51(112)39(100)25(11-87)127-76)139-75-62(49(110)37(98)24(10-86)126-75)137-73-60(47(108)35(96)22(8-84)124-73)134-68-53(114)44(105)32(93)18(4-80)120-68/h17-76,79-89,92-116H,3-14H2,1-2H3,(H,77,90)(H,78,91)/t17-,18-,19-,20-,21-,22-,23-,24-,25-,26-,27-,28-,29-,30-,31-,32-,33-,34-,35-,36-,37-,38-,39-,40-,41-,42-,43+,44+,45+,46+,47+,48+,49+,50+,51+,52+,53+,54+,55-,56-,57+,58+,59+,60+,61+,62+,63+,64+,65?,66+,67-,68-,69+,70+,71-,72-,73-,74-,75-,76-/m1/s1. The van der Waals surface area contributed by atoms with Gasteiger partial charge in [-0.15, -0.1) is 0 Å². The summed E-state index contributed by atoms with van der Waals surface area (Å²) in [6.07, 6.45) is -131. The Morgan fingerprint density at radius 3 is 0.676 bits per heavy atom. The summed E-state index contributed by atoms with van der Waals surface area (Å²) in [7, 11) is 0. The highest BCUT2D eigenvalue weighted by molar-refractivity contribution is 5.73. The van der Waals surface area contributed by atoms with Gasteiger partial charge in [-0.05, 0) is 0 Å². The van der Waals surface area contributed by atoms with Crippen molar-refractivity contribution in [3.8, 4) is 0 Å². The molecule has 12 heterocycles. The van der Waals surface area contributed by atoms with Crippen molar-refractivity contribution in [2.75, 3.05) is 79.3 Å². The summed E-state index contributed by atoms with van der Waals surface area (Å²) < 4.78 is 136. The fraction of sp³-hybridized carbons (Fsp3) is 0.974. The van der Waals surface area contributed by atoms with Gasteiger partial charge < -0.3 is 303 Å². The van der Waals surface area contributed by atoms with Crippen molar-refractivity contribution in [1.29, 1.82) is 0 Å². The maximum atomic E-state index is 13.2. The molecule has 63 heteroatoms. The Hall–Kier alpha value is -3.42. The van der Waals surface area contributed by atoms with E-state index in [0.29, 0.717) is 0 Å². The summed E-state index contributed by atoms with van der Waals surface area (Å²) in [5.74, 6) is -1.84. The second kappa shape index (κ2) is 49.8. The van der Waals surface area contributed by atoms with Crippen LogP contribution in [0.4, 0.5) is 0 Å². The zero-order chi connectivity index (χ0) is 102. The maximum Gasteiger partial charge on any atom is 0.217 e. The average Bonchev–Trinajstić information content (AvgIpc) is 0.766. The fourth-order valence-electron chi connectivity index (χ4n) is 18.0. The van der Waals surface area contributed by atoms with Gasteiger partial charge in [0.05, 0.1) is 79.3 Å². The highest BCUT2D eigenvalue weighted by Gasteiger charge is 2.64. The van der Waals surface area contributed by atoms with Crippen molar-refractivity contribution in [3.63, 3.8) is 0 Å². The molecule has 12 rings (SSSR count). The number of nitrogens with one attached hydrogen (secondary N) is 2. The van der Waals surface area contributed by atoms with E-state index in [-0.39, 0.29) is 0 Å². The number of aliphatic hydroxyl groups is 36. The van der Waals surface area contributed by atoms with Crippen molar-refractivity contribution < 1.29 is 302 Å². The minimum atomic E-state index is -2.74. The maximum absolute atomic E-state index is 13.2. The molecule has 0 aromatic carbocycles. The van der Waals surface area contributed by atoms with Gasteiger partial charge in [-0.1, -0.05) is 0 Å². The first-order chi connectivity index (χ1) is 65.9. The third kappa shape index (κ3) is 24.4. The Labute approximate surface area is 784 Å². The topological polar surface area (TPSA) is 999 Å². The van der Waals surface area contributed by atoms with Crippen molar-refractivity contribution in [3.05, 3.63) is 0 Å². The van der Waals surface area contributed by atoms with E-state index in [1.807, 2.05) is 0 Å². The molecule has 0 radical (unpaired) electrons. The molecule has 12 saturated heterocycles. The van der Waals surface area contributed by atoms with Gasteiger partial charge >= 0.3 is 0 Å². The number of aliphatic hydroxyl groups excluding tert-OH is 36. The molecule has 0 spiro atoms. The number of hydrogen-bond donors (Lipinski definition) is 38. The Morgan fingerprint density at radius 1 is 0.187 bits per heavy atom. The van der Waals surface area contributed by atoms with Crippen LogP contribution >= 0.6 is 0 Å². The summed E-state index contributed by atoms with van der Waals surface area (Å²) in [6, 6.07) is -3.73. The largest absolute Gasteiger partial charge is 0.394 e. The van der Waals surface area contributed by atoms with Gasteiger partial charge in [0.2, 0.25) is 11.8 Å². The summed E-state index contributed by atoms with van der Waals surface area (Å²) in [5, 5.41) is 408. The fourth-order valence-corrected chi connectivity index (χ4v) is 18.0. The van der Waals surface area contributed by atoms with Crippen LogP contribution in [0.15, 0.2) is 0 Å². The third-order valence-corrected chi connectivity index (χ3v) is 25.9. The van der Waals surface area contributed by atoms with E-state index in [4.69, 9.17) is 109 Å². The molecule has 0 aliphatic carbocycles. The van der Waals surface area contributed by atoms with E-state index < -0.39 is 459 Å². The molecule has 12 aliphatic rings. The lowest BCUT2D eigenvalue weighted by molar-refractivity contribution is -0.421. The molecular weight excluding hydrogens is 1920 g/mol. The second-order valence-electron chi connectivity index (χ2n) is 35.1. The Balaban J connectivity index is 0.881. The molecule has 0 saturated carbocycles. The number of hydrogen-bond acceptors (Lipinski definition) is 61. The Kier molecular flexibility index (Phi) is 41.0. The SMILES string of the molecule is CC(=O)N[C@H]1[C@H](O[C@H]2[C@H](O)[C@@H](NC(C)=O)C(O)O[C@@H]2CO)O[C@H](CO)[C@@H](O[C@@H]2O[C@H](CO[C@H]3O[C@H](CO)[C@@H](O)[C@H](O)[C@@H]3O[C@H]3O[C@H](CO)[C@@H](O)[C@H](O)[C@@H]3O[C@H]3O[C@H](CO)[C@@H](O)[C@H](O)[C@@H]3O)[C@@H](O)[C@H](O[C@H]3O[C@H](CO)[C@@H](O)[C@H](O)[C@@H]3O[C@H]3O[C@H](CO)[C@@H](O)[C@H](O)[C@@H]3O[C@H]3O[C@H](CO)[C@@H](O)[C@H](O)[C@@H]3O[C@H]3O[C@H](CO)[C@@H](O)[C@H](O)[C@@H]3O[C@H]3O[C@H](CO)[C@@H](O)[C@H](O)[C@@H]3O[C@H]3O[C@H](CO)[C@@H](O)[C@H](O)[C@@H]3O)[C@@H]2O)[C@@H]1O. The summed E-state index contributed by atoms with van der Waals surface area (Å²) in [4.78, 5) is 25.4. The summed E-state index contributed by atoms with van der Waals surface area (Å²) in [6.45, 7) is -12.5. The van der Waals surface area contributed by atoms with E-state index in [9.17, 15) is 193 Å². The van der Waals surface area contributed by atoms with Crippen LogP contribution in [0.1, 0.15) is 13.8 Å². The average molecular weight is 2050 g/mol. The van der Waals surface area contributed by atoms with Crippen LogP contribution in [0.2, 0.25) is 0 Å². The van der Waals surface area contributed by atoms with Crippen molar-refractivity contribution in [2.45, 2.75) is 382 Å². The first kappa shape index (κ1) is 114. The minimum Gasteiger partial charge on any atom is -0.394 e. The smallest absolute Gasteiger partial charge is 0.217 e. The highest BCUT2D eigenvalue weighted by atomic mass is 16.8. The predicted octanol–water partition coefficient (Wildman–Crippen LogP) is -26.9. The van der Waals surface area contributed by atoms with Crippen molar-refractivity contribution in [2.24, 2.45) is 0 Å². The number of carbonyl (C=O) groups excluding carboxylic acids is 2. The first-order valence-electron chi connectivity index (χ1n) is 44.2. The quantitative estimate of drug-likeness (QED) is 0.0277. The molecule has 1 unspecified atom stereocenters. The summed E-state index contributed by atoms with van der Waals surface area (Å²) >= 11 is 0. The van der Waals surface area contributed by atoms with Crippen LogP contribution in [0.25, 0.3) is 0 Å². The molecular formula is C76H128N2O61. The zero-order valence-corrected chi connectivity index (χ0v) is 73.4. The van der Waals surface area contributed by atoms with E-state index in [1.165, 1.54) is 0 Å². The second-order valence-corrected chi connectivity index (χ2v) is 35.1. The lowest BCUT2D eigenvalue weighted by Gasteiger charge is -2.51. The van der Waals surface area contributed by atoms with Gasteiger partial charge in [-0.3, -0.25) is 9.59 Å². The molecule has 0 aromatic heterocycles. The highest BCUT2D eigenvalue weighted by Crippen LogP contribution is 2.43. The lowest BCUT2D eigenvalue weighted by atomic mass is 9.94. The van der Waals surface area contributed by atoms with Gasteiger partial charge in [0.15, 0.2) is 75.5 Å². The Bertz CT molecular complexity index is 3730. The molecule has 12 fully saturated rings. The molecule has 139 heavy (non-hydrogen) atoms. The van der Waals surface area contributed by atoms with Gasteiger partial charge in [-0.25, -0.2) is 0 Å². The van der Waals surface area contributed by atoms with Crippen LogP contribution < -0.4 is 10.6 Å². The van der Waals surface area contributed by atoms with Crippen LogP contribution in [-0.4, -0.2) is 643 Å². The normalized spacial score (nSPS) is 51.9. The van der Waals surface area contributed by atoms with Crippen molar-refractivity contribution >= 4 is 11.8 Å².